The fraction of sp³-hybridized carbons (Fsp3) is 0.269. The molecule has 2 aromatic carbocycles. The quantitative estimate of drug-likeness (QED) is 0.479. The van der Waals surface area contributed by atoms with Gasteiger partial charge in [-0.2, -0.15) is 13.2 Å². The third-order valence-electron chi connectivity index (χ3n) is 6.80. The van der Waals surface area contributed by atoms with Gasteiger partial charge in [0.25, 0.3) is 5.91 Å². The SMILES string of the molecule is O=C1CCc2c(Oc3ccc4c(c3)C3C(NC(=O)c5ccc(CO)c(C(F)(F)F)c5)C3O4)ccnc2N1. The number of pyridine rings is 1. The van der Waals surface area contributed by atoms with Crippen LogP contribution in [0.4, 0.5) is 19.0 Å². The van der Waals surface area contributed by atoms with E-state index in [9.17, 15) is 27.9 Å². The lowest BCUT2D eigenvalue weighted by molar-refractivity contribution is -0.138. The zero-order valence-electron chi connectivity index (χ0n) is 19.1. The number of nitrogens with one attached hydrogen (secondary N) is 2. The molecule has 3 atom stereocenters. The van der Waals surface area contributed by atoms with Crippen LogP contribution in [0.2, 0.25) is 0 Å². The van der Waals surface area contributed by atoms with E-state index in [1.165, 1.54) is 6.07 Å². The largest absolute Gasteiger partial charge is 0.487 e. The Morgan fingerprint density at radius 1 is 1.19 bits per heavy atom. The summed E-state index contributed by atoms with van der Waals surface area (Å²) in [7, 11) is 0. The van der Waals surface area contributed by atoms with Crippen molar-refractivity contribution in [2.45, 2.75) is 43.7 Å². The monoisotopic (exact) mass is 511 g/mol. The fourth-order valence-electron chi connectivity index (χ4n) is 4.91. The van der Waals surface area contributed by atoms with Crippen LogP contribution in [-0.4, -0.2) is 34.1 Å². The van der Waals surface area contributed by atoms with Gasteiger partial charge in [-0.15, -0.1) is 0 Å². The molecule has 0 bridgehead atoms. The van der Waals surface area contributed by atoms with E-state index in [-0.39, 0.29) is 29.1 Å². The summed E-state index contributed by atoms with van der Waals surface area (Å²) in [4.78, 5) is 28.6. The molecular weight excluding hydrogens is 491 g/mol. The average Bonchev–Trinajstić information content (AvgIpc) is 3.39. The Balaban J connectivity index is 1.18. The third-order valence-corrected chi connectivity index (χ3v) is 6.80. The number of halogens is 3. The van der Waals surface area contributed by atoms with E-state index in [0.29, 0.717) is 35.9 Å². The normalized spacial score (nSPS) is 21.2. The molecule has 190 valence electrons. The minimum Gasteiger partial charge on any atom is -0.487 e. The summed E-state index contributed by atoms with van der Waals surface area (Å²) in [5, 5.41) is 14.7. The van der Waals surface area contributed by atoms with Gasteiger partial charge in [-0.05, 0) is 48.4 Å². The standard InChI is InChI=1S/C26H20F3N3O5/c27-26(28,29)17-9-12(1-2-13(17)11-33)25(35)32-22-21-16-10-14(3-5-18(16)37-23(21)22)36-19-7-8-30-24-15(19)4-6-20(34)31-24/h1-3,5,7-10,21-23,33H,4,6,11H2,(H,32,35)(H,30,31,34). The number of carbonyl (C=O) groups is 2. The Kier molecular flexibility index (Phi) is 5.34. The summed E-state index contributed by atoms with van der Waals surface area (Å²) in [6.45, 7) is -0.782. The molecular formula is C26H20F3N3O5. The first kappa shape index (κ1) is 23.3. The molecule has 2 amide bonds. The van der Waals surface area contributed by atoms with Gasteiger partial charge < -0.3 is 25.2 Å². The van der Waals surface area contributed by atoms with Crippen LogP contribution in [0.3, 0.4) is 0 Å². The first-order valence-corrected chi connectivity index (χ1v) is 11.6. The second kappa shape index (κ2) is 8.48. The van der Waals surface area contributed by atoms with Crippen LogP contribution in [0.1, 0.15) is 45.0 Å². The molecule has 3 aromatic rings. The van der Waals surface area contributed by atoms with Crippen molar-refractivity contribution in [2.24, 2.45) is 0 Å². The summed E-state index contributed by atoms with van der Waals surface area (Å²) in [6, 6.07) is 9.78. The molecule has 6 rings (SSSR count). The lowest BCUT2D eigenvalue weighted by Crippen LogP contribution is -2.30. The Bertz CT molecular complexity index is 1440. The molecule has 1 aliphatic carbocycles. The Hall–Kier alpha value is -4.12. The van der Waals surface area contributed by atoms with E-state index in [1.54, 1.807) is 24.4 Å². The van der Waals surface area contributed by atoms with Gasteiger partial charge in [0.2, 0.25) is 5.91 Å². The van der Waals surface area contributed by atoms with Crippen LogP contribution in [0.15, 0.2) is 48.7 Å². The topological polar surface area (TPSA) is 110 Å². The third kappa shape index (κ3) is 4.14. The van der Waals surface area contributed by atoms with Crippen molar-refractivity contribution in [3.8, 4) is 17.2 Å². The number of ether oxygens (including phenoxy) is 2. The first-order chi connectivity index (χ1) is 17.7. The van der Waals surface area contributed by atoms with E-state index in [0.717, 1.165) is 23.3 Å². The maximum atomic E-state index is 13.3. The van der Waals surface area contributed by atoms with Crippen molar-refractivity contribution in [3.05, 3.63) is 76.5 Å². The molecule has 3 N–H and O–H groups in total. The number of carbonyl (C=O) groups excluding carboxylic acids is 2. The van der Waals surface area contributed by atoms with Gasteiger partial charge in [-0.1, -0.05) is 6.07 Å². The number of hydrogen-bond acceptors (Lipinski definition) is 6. The Morgan fingerprint density at radius 2 is 2.03 bits per heavy atom. The van der Waals surface area contributed by atoms with E-state index < -0.39 is 30.3 Å². The van der Waals surface area contributed by atoms with Crippen molar-refractivity contribution in [3.63, 3.8) is 0 Å². The number of aromatic nitrogens is 1. The highest BCUT2D eigenvalue weighted by Crippen LogP contribution is 2.54. The van der Waals surface area contributed by atoms with Crippen molar-refractivity contribution < 1.29 is 37.3 Å². The number of hydrogen-bond donors (Lipinski definition) is 3. The molecule has 1 fully saturated rings. The molecule has 11 heteroatoms. The second-order valence-corrected chi connectivity index (χ2v) is 9.12. The summed E-state index contributed by atoms with van der Waals surface area (Å²) in [5.41, 5.74) is 0.144. The molecule has 37 heavy (non-hydrogen) atoms. The molecule has 0 saturated heterocycles. The molecule has 0 spiro atoms. The lowest BCUT2D eigenvalue weighted by Gasteiger charge is -2.19. The summed E-state index contributed by atoms with van der Waals surface area (Å²) < 4.78 is 52.0. The summed E-state index contributed by atoms with van der Waals surface area (Å²) in [6.07, 6.45) is -2.62. The molecule has 3 heterocycles. The number of nitrogens with zero attached hydrogens (tertiary/aromatic N) is 1. The van der Waals surface area contributed by atoms with E-state index in [1.807, 2.05) is 6.07 Å². The smallest absolute Gasteiger partial charge is 0.416 e. The van der Waals surface area contributed by atoms with Gasteiger partial charge in [0.15, 0.2) is 0 Å². The van der Waals surface area contributed by atoms with Crippen LogP contribution in [0.5, 0.6) is 17.2 Å². The number of rotatable bonds is 5. The molecule has 8 nitrogen and oxygen atoms in total. The molecule has 3 aliphatic rings. The van der Waals surface area contributed by atoms with Crippen LogP contribution in [0.25, 0.3) is 0 Å². The van der Waals surface area contributed by atoms with Gasteiger partial charge >= 0.3 is 6.18 Å². The van der Waals surface area contributed by atoms with Gasteiger partial charge in [0.05, 0.1) is 24.1 Å². The highest BCUT2D eigenvalue weighted by Gasteiger charge is 2.59. The molecule has 1 aromatic heterocycles. The van der Waals surface area contributed by atoms with Crippen molar-refractivity contribution in [1.82, 2.24) is 10.3 Å². The molecule has 1 saturated carbocycles. The van der Waals surface area contributed by atoms with Crippen molar-refractivity contribution in [1.29, 1.82) is 0 Å². The van der Waals surface area contributed by atoms with Crippen LogP contribution >= 0.6 is 0 Å². The highest BCUT2D eigenvalue weighted by molar-refractivity contribution is 5.95. The zero-order valence-corrected chi connectivity index (χ0v) is 19.1. The predicted octanol–water partition coefficient (Wildman–Crippen LogP) is 3.93. The zero-order chi connectivity index (χ0) is 25.9. The van der Waals surface area contributed by atoms with Crippen LogP contribution in [0, 0.1) is 0 Å². The maximum Gasteiger partial charge on any atom is 0.416 e. The predicted molar refractivity (Wildman–Crippen MR) is 123 cm³/mol. The number of anilines is 1. The summed E-state index contributed by atoms with van der Waals surface area (Å²) >= 11 is 0. The Morgan fingerprint density at radius 3 is 2.81 bits per heavy atom. The minimum atomic E-state index is -4.69. The van der Waals surface area contributed by atoms with Gasteiger partial charge in [-0.3, -0.25) is 9.59 Å². The number of benzene rings is 2. The number of aliphatic hydroxyl groups is 1. The van der Waals surface area contributed by atoms with Crippen molar-refractivity contribution in [2.75, 3.05) is 5.32 Å². The number of alkyl halides is 3. The fourth-order valence-corrected chi connectivity index (χ4v) is 4.91. The Labute approximate surface area is 208 Å². The van der Waals surface area contributed by atoms with E-state index in [4.69, 9.17) is 9.47 Å². The van der Waals surface area contributed by atoms with Gasteiger partial charge in [-0.25, -0.2) is 4.98 Å². The number of amides is 2. The lowest BCUT2D eigenvalue weighted by atomic mass is 10.0. The maximum absolute atomic E-state index is 13.3. The van der Waals surface area contributed by atoms with Crippen LogP contribution in [-0.2, 0) is 24.0 Å². The number of aliphatic hydroxyl groups excluding tert-OH is 1. The second-order valence-electron chi connectivity index (χ2n) is 9.12. The summed E-state index contributed by atoms with van der Waals surface area (Å²) in [5.74, 6) is 1.34. The van der Waals surface area contributed by atoms with E-state index in [2.05, 4.69) is 15.6 Å². The first-order valence-electron chi connectivity index (χ1n) is 11.6. The molecule has 3 unspecified atom stereocenters. The van der Waals surface area contributed by atoms with E-state index >= 15 is 0 Å². The minimum absolute atomic E-state index is 0.0985. The molecule has 2 aliphatic heterocycles. The van der Waals surface area contributed by atoms with Gasteiger partial charge in [0.1, 0.15) is 29.2 Å². The van der Waals surface area contributed by atoms with Crippen LogP contribution < -0.4 is 20.1 Å². The van der Waals surface area contributed by atoms with Gasteiger partial charge in [0, 0.05) is 29.3 Å². The number of fused-ring (bicyclic) bond motifs is 4. The van der Waals surface area contributed by atoms with Crippen molar-refractivity contribution >= 4 is 17.6 Å². The highest BCUT2D eigenvalue weighted by atomic mass is 19.4. The average molecular weight is 511 g/mol. The molecule has 0 radical (unpaired) electrons.